The summed E-state index contributed by atoms with van der Waals surface area (Å²) in [5.74, 6) is 0. The van der Waals surface area contributed by atoms with Gasteiger partial charge in [0.15, 0.2) is 0 Å². The zero-order chi connectivity index (χ0) is 0. The van der Waals surface area contributed by atoms with Crippen molar-refractivity contribution in [1.82, 2.24) is 0 Å². The molecule has 0 aromatic heterocycles. The van der Waals surface area contributed by atoms with Crippen molar-refractivity contribution in [3.63, 3.8) is 0 Å². The molecule has 0 rings (SSSR count). The summed E-state index contributed by atoms with van der Waals surface area (Å²) in [5.41, 5.74) is 0. The second-order valence-corrected chi connectivity index (χ2v) is 0. The normalized spacial score (nSPS) is 0. The van der Waals surface area contributed by atoms with E-state index in [-0.39, 0.29) is 46.1 Å². The van der Waals surface area contributed by atoms with Gasteiger partial charge in [0.1, 0.15) is 0 Å². The molecule has 0 bridgehead atoms. The number of rotatable bonds is 0. The summed E-state index contributed by atoms with van der Waals surface area (Å²) in [5, 5.41) is 0. The van der Waals surface area contributed by atoms with E-state index in [0.717, 1.165) is 0 Å². The zero-order valence-corrected chi connectivity index (χ0v) is 1.00. The Bertz CT molecular complexity index is 4.00. The second-order valence-electron chi connectivity index (χ2n) is 0. The Morgan fingerprint density at radius 2 is 0.500 bits per heavy atom. The van der Waals surface area contributed by atoms with Crippen molar-refractivity contribution in [3.05, 3.63) is 0 Å². The Labute approximate surface area is 46.5 Å². The van der Waals surface area contributed by atoms with Crippen LogP contribution in [0.5, 0.6) is 0 Å². The molecule has 0 atom stereocenters. The molecule has 0 fully saturated rings. The van der Waals surface area contributed by atoms with Crippen LogP contribution in [-0.4, -0.2) is 46.1 Å². The van der Waals surface area contributed by atoms with Crippen molar-refractivity contribution in [2.75, 3.05) is 0 Å². The van der Waals surface area contributed by atoms with Crippen molar-refractivity contribution >= 4 is 35.2 Å². The summed E-state index contributed by atoms with van der Waals surface area (Å²) in [7, 11) is 0. The van der Waals surface area contributed by atoms with Gasteiger partial charge in [-0.15, -0.1) is 0 Å². The maximum absolute atomic E-state index is 0. The Morgan fingerprint density at radius 3 is 0.500 bits per heavy atom. The summed E-state index contributed by atoms with van der Waals surface area (Å²) >= 11 is 0. The Morgan fingerprint density at radius 1 is 0.500 bits per heavy atom. The van der Waals surface area contributed by atoms with Crippen LogP contribution in [0.1, 0.15) is 0 Å². The summed E-state index contributed by atoms with van der Waals surface area (Å²) in [6.07, 6.45) is 0. The standard InChI is InChI=1S/2GeH4.2H2O/h2*1H4;2*1H2. The third-order valence-electron chi connectivity index (χ3n) is 0. The number of hydrogen-bond donors (Lipinski definition) is 0. The molecule has 0 saturated carbocycles. The van der Waals surface area contributed by atoms with Gasteiger partial charge in [-0.3, -0.25) is 0 Å². The average molecular weight is 189 g/mol. The van der Waals surface area contributed by atoms with E-state index < -0.39 is 0 Å². The molecule has 4 heteroatoms. The molecule has 0 aliphatic carbocycles. The minimum absolute atomic E-state index is 0. The third kappa shape index (κ3) is 12.0. The van der Waals surface area contributed by atoms with Gasteiger partial charge in [-0.2, -0.15) is 0 Å². The number of hydrogen-bond acceptors (Lipinski definition) is 0. The molecule has 0 aromatic rings. The predicted molar refractivity (Wildman–Crippen MR) is 29.9 cm³/mol. The summed E-state index contributed by atoms with van der Waals surface area (Å²) in [4.78, 5) is 0. The predicted octanol–water partition coefficient (Wildman–Crippen LogP) is -4.55. The van der Waals surface area contributed by atoms with Crippen LogP contribution in [0.2, 0.25) is 0 Å². The third-order valence-corrected chi connectivity index (χ3v) is 0. The topological polar surface area (TPSA) is 63.0 Å². The SMILES string of the molecule is O.O.[GeH4].[GeH4]. The van der Waals surface area contributed by atoms with Crippen LogP contribution >= 0.6 is 0 Å². The first-order valence-corrected chi connectivity index (χ1v) is 0. The van der Waals surface area contributed by atoms with Gasteiger partial charge in [0.05, 0.1) is 0 Å². The molecule has 32 valence electrons. The van der Waals surface area contributed by atoms with E-state index in [2.05, 4.69) is 0 Å². The van der Waals surface area contributed by atoms with Gasteiger partial charge < -0.3 is 11.0 Å². The van der Waals surface area contributed by atoms with Crippen molar-refractivity contribution in [3.8, 4) is 0 Å². The van der Waals surface area contributed by atoms with Gasteiger partial charge in [0.2, 0.25) is 0 Å². The van der Waals surface area contributed by atoms with Gasteiger partial charge >= 0.3 is 35.2 Å². The average Bonchev–Trinajstić information content (AvgIpc) is 0. The molecule has 4 heavy (non-hydrogen) atoms. The van der Waals surface area contributed by atoms with E-state index >= 15 is 0 Å². The Hall–Kier alpha value is 1.01. The monoisotopic (exact) mass is 192 g/mol. The van der Waals surface area contributed by atoms with Crippen molar-refractivity contribution in [2.45, 2.75) is 0 Å². The van der Waals surface area contributed by atoms with E-state index in [1.165, 1.54) is 0 Å². The first kappa shape index (κ1) is 79.4. The maximum atomic E-state index is 0. The van der Waals surface area contributed by atoms with Crippen LogP contribution in [0.15, 0.2) is 0 Å². The van der Waals surface area contributed by atoms with E-state index in [0.29, 0.717) is 0 Å². The quantitative estimate of drug-likeness (QED) is 0.345. The zero-order valence-electron chi connectivity index (χ0n) is 1.00. The molecule has 0 spiro atoms. The molecule has 0 heterocycles. The van der Waals surface area contributed by atoms with Crippen LogP contribution in [0, 0.1) is 0 Å². The molecular formula is H12Ge2O2. The van der Waals surface area contributed by atoms with Gasteiger partial charge in [0, 0.05) is 0 Å². The fraction of sp³-hybridized carbons (Fsp3) is 0. The molecule has 0 unspecified atom stereocenters. The molecule has 0 aromatic carbocycles. The van der Waals surface area contributed by atoms with Crippen LogP contribution in [-0.2, 0) is 0 Å². The van der Waals surface area contributed by atoms with Gasteiger partial charge in [-0.1, -0.05) is 0 Å². The first-order valence-electron chi connectivity index (χ1n) is 0. The van der Waals surface area contributed by atoms with Gasteiger partial charge in [-0.05, 0) is 0 Å². The fourth-order valence-corrected chi connectivity index (χ4v) is 0. The minimum atomic E-state index is 0. The van der Waals surface area contributed by atoms with E-state index in [1.807, 2.05) is 0 Å². The van der Waals surface area contributed by atoms with E-state index in [4.69, 9.17) is 0 Å². The van der Waals surface area contributed by atoms with Crippen LogP contribution in [0.3, 0.4) is 0 Å². The van der Waals surface area contributed by atoms with Crippen molar-refractivity contribution < 1.29 is 11.0 Å². The molecule has 0 saturated heterocycles. The molecule has 0 amide bonds. The van der Waals surface area contributed by atoms with Crippen LogP contribution in [0.4, 0.5) is 0 Å². The molecule has 0 aliphatic rings. The molecule has 4 N–H and O–H groups in total. The first-order chi connectivity index (χ1) is 0. The van der Waals surface area contributed by atoms with Crippen LogP contribution in [0.25, 0.3) is 0 Å². The summed E-state index contributed by atoms with van der Waals surface area (Å²) in [6.45, 7) is 0. The van der Waals surface area contributed by atoms with Crippen molar-refractivity contribution in [2.24, 2.45) is 0 Å². The van der Waals surface area contributed by atoms with Crippen LogP contribution < -0.4 is 0 Å². The van der Waals surface area contributed by atoms with Gasteiger partial charge in [-0.25, -0.2) is 0 Å². The van der Waals surface area contributed by atoms with Crippen molar-refractivity contribution in [1.29, 1.82) is 0 Å². The van der Waals surface area contributed by atoms with E-state index in [1.54, 1.807) is 0 Å². The van der Waals surface area contributed by atoms with E-state index in [9.17, 15) is 0 Å². The molecule has 0 aliphatic heterocycles. The Kier molecular flexibility index (Phi) is 710. The molecular weight excluding hydrogens is 177 g/mol. The molecule has 2 nitrogen and oxygen atoms in total. The summed E-state index contributed by atoms with van der Waals surface area (Å²) in [6, 6.07) is 0. The van der Waals surface area contributed by atoms with Gasteiger partial charge in [0.25, 0.3) is 0 Å². The summed E-state index contributed by atoms with van der Waals surface area (Å²) < 4.78 is 0. The molecule has 0 radical (unpaired) electrons. The second kappa shape index (κ2) is 35.8. The Balaban J connectivity index is 0. The fourth-order valence-electron chi connectivity index (χ4n) is 0.